The fourth-order valence-electron chi connectivity index (χ4n) is 2.60. The molecular formula is C19H22N6O2S. The largest absolute Gasteiger partial charge is 0.385 e. The minimum absolute atomic E-state index is 0.127. The van der Waals surface area contributed by atoms with Gasteiger partial charge in [0.2, 0.25) is 5.91 Å². The molecule has 5 N–H and O–H groups in total. The minimum Gasteiger partial charge on any atom is -0.385 e. The van der Waals surface area contributed by atoms with Crippen LogP contribution < -0.4 is 16.4 Å². The number of nitrogens with two attached hydrogens (primary N) is 1. The Morgan fingerprint density at radius 3 is 2.75 bits per heavy atom. The van der Waals surface area contributed by atoms with E-state index < -0.39 is 6.10 Å². The molecule has 0 bridgehead atoms. The highest BCUT2D eigenvalue weighted by molar-refractivity contribution is 7.13. The lowest BCUT2D eigenvalue weighted by atomic mass is 10.1. The zero-order valence-corrected chi connectivity index (χ0v) is 16.0. The van der Waals surface area contributed by atoms with Crippen molar-refractivity contribution in [2.75, 3.05) is 24.1 Å². The molecule has 0 saturated carbocycles. The molecule has 0 aliphatic heterocycles. The molecule has 0 saturated heterocycles. The highest BCUT2D eigenvalue weighted by atomic mass is 32.1. The first-order valence-corrected chi connectivity index (χ1v) is 9.73. The highest BCUT2D eigenvalue weighted by Crippen LogP contribution is 2.14. The first kappa shape index (κ1) is 19.9. The maximum atomic E-state index is 12.0. The zero-order valence-electron chi connectivity index (χ0n) is 15.2. The van der Waals surface area contributed by atoms with Crippen molar-refractivity contribution in [1.29, 1.82) is 0 Å². The van der Waals surface area contributed by atoms with E-state index in [0.29, 0.717) is 29.6 Å². The number of carbonyl (C=O) groups excluding carboxylic acids is 1. The van der Waals surface area contributed by atoms with Gasteiger partial charge >= 0.3 is 0 Å². The van der Waals surface area contributed by atoms with Crippen LogP contribution >= 0.6 is 11.3 Å². The summed E-state index contributed by atoms with van der Waals surface area (Å²) in [5, 5.41) is 26.0. The molecule has 1 aromatic carbocycles. The van der Waals surface area contributed by atoms with Gasteiger partial charge in [0.05, 0.1) is 17.8 Å². The van der Waals surface area contributed by atoms with Gasteiger partial charge in [-0.05, 0) is 42.8 Å². The molecule has 8 nitrogen and oxygen atoms in total. The summed E-state index contributed by atoms with van der Waals surface area (Å²) in [5.41, 5.74) is 8.66. The molecule has 1 amide bonds. The summed E-state index contributed by atoms with van der Waals surface area (Å²) in [6, 6.07) is 11.2. The Hall–Kier alpha value is -2.88. The molecular weight excluding hydrogens is 376 g/mol. The van der Waals surface area contributed by atoms with Gasteiger partial charge in [0.15, 0.2) is 5.13 Å². The van der Waals surface area contributed by atoms with Crippen LogP contribution in [0.5, 0.6) is 0 Å². The van der Waals surface area contributed by atoms with Crippen molar-refractivity contribution in [2.45, 2.75) is 18.9 Å². The van der Waals surface area contributed by atoms with Gasteiger partial charge < -0.3 is 21.5 Å². The average Bonchev–Trinajstić information content (AvgIpc) is 3.11. The van der Waals surface area contributed by atoms with Gasteiger partial charge in [0.25, 0.3) is 0 Å². The average molecular weight is 398 g/mol. The molecule has 1 atom stereocenters. The second-order valence-electron chi connectivity index (χ2n) is 6.22. The van der Waals surface area contributed by atoms with Crippen molar-refractivity contribution in [3.8, 4) is 0 Å². The monoisotopic (exact) mass is 398 g/mol. The fraction of sp³-hybridized carbons (Fsp3) is 0.263. The molecule has 3 rings (SSSR count). The van der Waals surface area contributed by atoms with Crippen LogP contribution in [0.15, 0.2) is 48.0 Å². The number of aliphatic hydroxyl groups is 1. The van der Waals surface area contributed by atoms with E-state index in [1.54, 1.807) is 23.7 Å². The molecule has 0 aliphatic carbocycles. The van der Waals surface area contributed by atoms with E-state index in [9.17, 15) is 9.90 Å². The standard InChI is InChI=1S/C19H22N6O2S/c20-19-24-15(12-28-19)10-18(27)23-14-5-3-13(4-6-14)7-9-21-11-17(26)16-2-1-8-22-25-16/h1-6,8,12,17,21,26H,7,9-11H2,(H2,20,24)(H,23,27). The number of nitrogens with zero attached hydrogens (tertiary/aromatic N) is 3. The number of carbonyl (C=O) groups is 1. The van der Waals surface area contributed by atoms with Gasteiger partial charge in [-0.2, -0.15) is 10.2 Å². The SMILES string of the molecule is Nc1nc(CC(=O)Nc2ccc(CCNCC(O)c3cccnn3)cc2)cs1. The topological polar surface area (TPSA) is 126 Å². The number of aromatic nitrogens is 3. The number of amides is 1. The smallest absolute Gasteiger partial charge is 0.230 e. The van der Waals surface area contributed by atoms with Gasteiger partial charge in [0.1, 0.15) is 6.10 Å². The lowest BCUT2D eigenvalue weighted by Gasteiger charge is -2.11. The molecule has 0 fully saturated rings. The number of anilines is 2. The minimum atomic E-state index is -0.681. The maximum absolute atomic E-state index is 12.0. The van der Waals surface area contributed by atoms with E-state index >= 15 is 0 Å². The Bertz CT molecular complexity index is 885. The first-order valence-electron chi connectivity index (χ1n) is 8.85. The van der Waals surface area contributed by atoms with Crippen molar-refractivity contribution in [1.82, 2.24) is 20.5 Å². The summed E-state index contributed by atoms with van der Waals surface area (Å²) >= 11 is 1.32. The predicted molar refractivity (Wildman–Crippen MR) is 109 cm³/mol. The Balaban J connectivity index is 1.38. The molecule has 0 radical (unpaired) electrons. The second kappa shape index (κ2) is 9.88. The van der Waals surface area contributed by atoms with Crippen LogP contribution in [0, 0.1) is 0 Å². The van der Waals surface area contributed by atoms with E-state index in [2.05, 4.69) is 25.8 Å². The molecule has 0 aliphatic rings. The number of nitrogen functional groups attached to an aromatic ring is 1. The zero-order chi connectivity index (χ0) is 19.8. The molecule has 9 heteroatoms. The van der Waals surface area contributed by atoms with Crippen molar-refractivity contribution in [2.24, 2.45) is 0 Å². The molecule has 0 spiro atoms. The van der Waals surface area contributed by atoms with Gasteiger partial charge in [-0.1, -0.05) is 12.1 Å². The van der Waals surface area contributed by atoms with Crippen molar-refractivity contribution >= 4 is 28.1 Å². The molecule has 2 heterocycles. The number of hydrogen-bond donors (Lipinski definition) is 4. The molecule has 3 aromatic rings. The summed E-state index contributed by atoms with van der Waals surface area (Å²) in [4.78, 5) is 16.1. The summed E-state index contributed by atoms with van der Waals surface area (Å²) in [5.74, 6) is -0.127. The second-order valence-corrected chi connectivity index (χ2v) is 7.11. The summed E-state index contributed by atoms with van der Waals surface area (Å²) in [6.45, 7) is 1.13. The third-order valence-electron chi connectivity index (χ3n) is 4.01. The quantitative estimate of drug-likeness (QED) is 0.403. The summed E-state index contributed by atoms with van der Waals surface area (Å²) in [7, 11) is 0. The lowest BCUT2D eigenvalue weighted by molar-refractivity contribution is -0.115. The fourth-order valence-corrected chi connectivity index (χ4v) is 3.16. The number of hydrogen-bond acceptors (Lipinski definition) is 8. The van der Waals surface area contributed by atoms with Gasteiger partial charge in [-0.25, -0.2) is 4.98 Å². The van der Waals surface area contributed by atoms with Gasteiger partial charge in [-0.15, -0.1) is 11.3 Å². The van der Waals surface area contributed by atoms with Crippen LogP contribution in [-0.4, -0.2) is 39.3 Å². The van der Waals surface area contributed by atoms with E-state index in [4.69, 9.17) is 5.73 Å². The van der Waals surface area contributed by atoms with Crippen molar-refractivity contribution in [3.63, 3.8) is 0 Å². The third-order valence-corrected chi connectivity index (χ3v) is 4.73. The number of thiazole rings is 1. The van der Waals surface area contributed by atoms with Crippen LogP contribution in [0.3, 0.4) is 0 Å². The summed E-state index contributed by atoms with van der Waals surface area (Å²) in [6.07, 6.45) is 1.90. The number of nitrogens with one attached hydrogen (secondary N) is 2. The molecule has 146 valence electrons. The molecule has 2 aromatic heterocycles. The number of aliphatic hydroxyl groups excluding tert-OH is 1. The highest BCUT2D eigenvalue weighted by Gasteiger charge is 2.09. The predicted octanol–water partition coefficient (Wildman–Crippen LogP) is 1.56. The van der Waals surface area contributed by atoms with Gasteiger partial charge in [-0.3, -0.25) is 4.79 Å². The van der Waals surface area contributed by atoms with Crippen LogP contribution in [0.4, 0.5) is 10.8 Å². The summed E-state index contributed by atoms with van der Waals surface area (Å²) < 4.78 is 0. The Labute approximate surface area is 166 Å². The van der Waals surface area contributed by atoms with Crippen molar-refractivity contribution < 1.29 is 9.90 Å². The van der Waals surface area contributed by atoms with Crippen LogP contribution in [0.1, 0.15) is 23.1 Å². The number of rotatable bonds is 9. The maximum Gasteiger partial charge on any atom is 0.230 e. The lowest BCUT2D eigenvalue weighted by Crippen LogP contribution is -2.24. The first-order chi connectivity index (χ1) is 13.6. The van der Waals surface area contributed by atoms with E-state index in [1.807, 2.05) is 24.3 Å². The van der Waals surface area contributed by atoms with Crippen LogP contribution in [-0.2, 0) is 17.6 Å². The molecule has 28 heavy (non-hydrogen) atoms. The van der Waals surface area contributed by atoms with E-state index in [1.165, 1.54) is 11.3 Å². The molecule has 1 unspecified atom stereocenters. The van der Waals surface area contributed by atoms with Crippen LogP contribution in [0.2, 0.25) is 0 Å². The van der Waals surface area contributed by atoms with Crippen molar-refractivity contribution in [3.05, 3.63) is 64.9 Å². The Kier molecular flexibility index (Phi) is 7.01. The number of benzene rings is 1. The third kappa shape index (κ3) is 6.08. The van der Waals surface area contributed by atoms with E-state index in [-0.39, 0.29) is 12.3 Å². The van der Waals surface area contributed by atoms with Gasteiger partial charge in [0, 0.05) is 23.8 Å². The Morgan fingerprint density at radius 1 is 1.25 bits per heavy atom. The Morgan fingerprint density at radius 2 is 2.07 bits per heavy atom. The normalized spacial score (nSPS) is 11.9. The van der Waals surface area contributed by atoms with Crippen LogP contribution in [0.25, 0.3) is 0 Å². The van der Waals surface area contributed by atoms with E-state index in [0.717, 1.165) is 17.7 Å².